The first-order chi connectivity index (χ1) is 10.1. The van der Waals surface area contributed by atoms with Crippen molar-refractivity contribution < 1.29 is 0 Å². The molecule has 1 aromatic carbocycles. The Morgan fingerprint density at radius 2 is 2.00 bits per heavy atom. The maximum absolute atomic E-state index is 6.00. The molecule has 21 heavy (non-hydrogen) atoms. The average molecular weight is 307 g/mol. The van der Waals surface area contributed by atoms with Gasteiger partial charge in [-0.3, -0.25) is 4.90 Å². The topological polar surface area (TPSA) is 15.3 Å². The van der Waals surface area contributed by atoms with Crippen molar-refractivity contribution in [2.24, 2.45) is 5.92 Å². The Kier molecular flexibility index (Phi) is 4.58. The molecule has 1 aromatic rings. The first kappa shape index (κ1) is 15.3. The van der Waals surface area contributed by atoms with Gasteiger partial charge in [0.25, 0.3) is 0 Å². The predicted octanol–water partition coefficient (Wildman–Crippen LogP) is 4.08. The average Bonchev–Trinajstić information content (AvgIpc) is 3.30. The Morgan fingerprint density at radius 3 is 2.62 bits per heavy atom. The van der Waals surface area contributed by atoms with Crippen LogP contribution in [0.15, 0.2) is 24.3 Å². The van der Waals surface area contributed by atoms with Crippen LogP contribution in [0.4, 0.5) is 0 Å². The number of hydrogen-bond acceptors (Lipinski definition) is 2. The highest BCUT2D eigenvalue weighted by Crippen LogP contribution is 2.41. The standard InChI is InChI=1S/C18H27ClN2/c1-3-4-17-11-20-18(2,15-7-8-15)13-21(17)12-14-5-9-16(19)10-6-14/h5-6,9-10,15,17,20H,3-4,7-8,11-13H2,1-2H3. The lowest BCUT2D eigenvalue weighted by Gasteiger charge is -2.47. The number of hydrogen-bond donors (Lipinski definition) is 1. The summed E-state index contributed by atoms with van der Waals surface area (Å²) in [6.45, 7) is 8.06. The van der Waals surface area contributed by atoms with Crippen LogP contribution in [-0.4, -0.2) is 29.6 Å². The monoisotopic (exact) mass is 306 g/mol. The lowest BCUT2D eigenvalue weighted by atomic mass is 9.89. The summed E-state index contributed by atoms with van der Waals surface area (Å²) < 4.78 is 0. The molecule has 2 fully saturated rings. The fourth-order valence-corrected chi connectivity index (χ4v) is 3.83. The third-order valence-corrected chi connectivity index (χ3v) is 5.44. The minimum atomic E-state index is 0.316. The zero-order valence-corrected chi connectivity index (χ0v) is 14.0. The largest absolute Gasteiger partial charge is 0.308 e. The number of benzene rings is 1. The minimum Gasteiger partial charge on any atom is -0.308 e. The van der Waals surface area contributed by atoms with E-state index in [0.717, 1.165) is 24.0 Å². The SMILES string of the molecule is CCCC1CNC(C)(C2CC2)CN1Cc1ccc(Cl)cc1. The summed E-state index contributed by atoms with van der Waals surface area (Å²) >= 11 is 6.00. The molecule has 0 aromatic heterocycles. The van der Waals surface area contributed by atoms with Gasteiger partial charge in [0.2, 0.25) is 0 Å². The van der Waals surface area contributed by atoms with Crippen LogP contribution in [0.1, 0.15) is 45.1 Å². The molecule has 2 nitrogen and oxygen atoms in total. The van der Waals surface area contributed by atoms with E-state index in [-0.39, 0.29) is 0 Å². The third-order valence-electron chi connectivity index (χ3n) is 5.19. The summed E-state index contributed by atoms with van der Waals surface area (Å²) in [5.74, 6) is 0.882. The van der Waals surface area contributed by atoms with E-state index >= 15 is 0 Å². The van der Waals surface area contributed by atoms with Crippen LogP contribution in [0.25, 0.3) is 0 Å². The Labute approximate surface area is 133 Å². The number of rotatable bonds is 5. The summed E-state index contributed by atoms with van der Waals surface area (Å²) in [6.07, 6.45) is 5.33. The van der Waals surface area contributed by atoms with Crippen molar-refractivity contribution in [1.82, 2.24) is 10.2 Å². The number of halogens is 1. The molecule has 1 saturated heterocycles. The van der Waals surface area contributed by atoms with Gasteiger partial charge in [-0.15, -0.1) is 0 Å². The maximum Gasteiger partial charge on any atom is 0.0406 e. The molecule has 0 amide bonds. The smallest absolute Gasteiger partial charge is 0.0406 e. The second-order valence-electron chi connectivity index (χ2n) is 7.05. The van der Waals surface area contributed by atoms with E-state index in [9.17, 15) is 0 Å². The van der Waals surface area contributed by atoms with Crippen molar-refractivity contribution in [3.63, 3.8) is 0 Å². The molecule has 116 valence electrons. The summed E-state index contributed by atoms with van der Waals surface area (Å²) in [6, 6.07) is 9.02. The molecule has 1 aliphatic carbocycles. The van der Waals surface area contributed by atoms with E-state index in [1.807, 2.05) is 12.1 Å². The third kappa shape index (κ3) is 3.61. The lowest BCUT2D eigenvalue weighted by molar-refractivity contribution is 0.0639. The summed E-state index contributed by atoms with van der Waals surface area (Å²) in [4.78, 5) is 2.70. The Hall–Kier alpha value is -0.570. The van der Waals surface area contributed by atoms with Gasteiger partial charge in [0.05, 0.1) is 0 Å². The van der Waals surface area contributed by atoms with Crippen molar-refractivity contribution in [2.45, 2.75) is 57.7 Å². The number of nitrogens with zero attached hydrogens (tertiary/aromatic N) is 1. The van der Waals surface area contributed by atoms with Crippen LogP contribution < -0.4 is 5.32 Å². The second-order valence-corrected chi connectivity index (χ2v) is 7.48. The van der Waals surface area contributed by atoms with Gasteiger partial charge in [0.1, 0.15) is 0 Å². The number of piperazine rings is 1. The number of nitrogens with one attached hydrogen (secondary N) is 1. The van der Waals surface area contributed by atoms with Gasteiger partial charge in [-0.2, -0.15) is 0 Å². The molecule has 0 spiro atoms. The van der Waals surface area contributed by atoms with Crippen LogP contribution >= 0.6 is 11.6 Å². The van der Waals surface area contributed by atoms with Gasteiger partial charge < -0.3 is 5.32 Å². The van der Waals surface area contributed by atoms with E-state index in [2.05, 4.69) is 36.2 Å². The molecule has 1 saturated carbocycles. The Morgan fingerprint density at radius 1 is 1.29 bits per heavy atom. The molecule has 3 rings (SSSR count). The molecule has 2 aliphatic rings. The highest BCUT2D eigenvalue weighted by Gasteiger charge is 2.45. The van der Waals surface area contributed by atoms with Gasteiger partial charge in [0.15, 0.2) is 0 Å². The molecule has 1 aliphatic heterocycles. The van der Waals surface area contributed by atoms with Crippen molar-refractivity contribution >= 4 is 11.6 Å². The van der Waals surface area contributed by atoms with Gasteiger partial charge in [-0.25, -0.2) is 0 Å². The van der Waals surface area contributed by atoms with E-state index in [4.69, 9.17) is 11.6 Å². The fraction of sp³-hybridized carbons (Fsp3) is 0.667. The zero-order valence-electron chi connectivity index (χ0n) is 13.2. The molecule has 2 unspecified atom stereocenters. The predicted molar refractivity (Wildman–Crippen MR) is 89.7 cm³/mol. The molecule has 3 heteroatoms. The van der Waals surface area contributed by atoms with E-state index in [1.165, 1.54) is 37.8 Å². The van der Waals surface area contributed by atoms with Gasteiger partial charge in [-0.1, -0.05) is 37.1 Å². The molecule has 0 bridgehead atoms. The van der Waals surface area contributed by atoms with E-state index < -0.39 is 0 Å². The molecule has 1 heterocycles. The van der Waals surface area contributed by atoms with Crippen molar-refractivity contribution in [2.75, 3.05) is 13.1 Å². The highest BCUT2D eigenvalue weighted by molar-refractivity contribution is 6.30. The van der Waals surface area contributed by atoms with Crippen LogP contribution in [-0.2, 0) is 6.54 Å². The minimum absolute atomic E-state index is 0.316. The quantitative estimate of drug-likeness (QED) is 0.881. The Bertz CT molecular complexity index is 469. The molecule has 2 atom stereocenters. The maximum atomic E-state index is 6.00. The lowest BCUT2D eigenvalue weighted by Crippen LogP contribution is -2.63. The summed E-state index contributed by atoms with van der Waals surface area (Å²) in [5, 5.41) is 4.68. The van der Waals surface area contributed by atoms with E-state index in [0.29, 0.717) is 11.6 Å². The first-order valence-corrected chi connectivity index (χ1v) is 8.72. The summed E-state index contributed by atoms with van der Waals surface area (Å²) in [7, 11) is 0. The Balaban J connectivity index is 1.71. The van der Waals surface area contributed by atoms with Crippen molar-refractivity contribution in [1.29, 1.82) is 0 Å². The van der Waals surface area contributed by atoms with Crippen LogP contribution in [0.5, 0.6) is 0 Å². The molecular formula is C18H27ClN2. The van der Waals surface area contributed by atoms with Crippen LogP contribution in [0.2, 0.25) is 5.02 Å². The van der Waals surface area contributed by atoms with Crippen molar-refractivity contribution in [3.8, 4) is 0 Å². The molecule has 1 N–H and O–H groups in total. The fourth-order valence-electron chi connectivity index (χ4n) is 3.71. The highest BCUT2D eigenvalue weighted by atomic mass is 35.5. The van der Waals surface area contributed by atoms with Crippen LogP contribution in [0.3, 0.4) is 0 Å². The second kappa shape index (κ2) is 6.28. The normalized spacial score (nSPS) is 30.5. The molecular weight excluding hydrogens is 280 g/mol. The van der Waals surface area contributed by atoms with Crippen LogP contribution in [0, 0.1) is 5.92 Å². The first-order valence-electron chi connectivity index (χ1n) is 8.34. The summed E-state index contributed by atoms with van der Waals surface area (Å²) in [5.41, 5.74) is 1.69. The van der Waals surface area contributed by atoms with Crippen molar-refractivity contribution in [3.05, 3.63) is 34.9 Å². The van der Waals surface area contributed by atoms with Gasteiger partial charge in [-0.05, 0) is 49.8 Å². The molecule has 0 radical (unpaired) electrons. The van der Waals surface area contributed by atoms with E-state index in [1.54, 1.807) is 0 Å². The van der Waals surface area contributed by atoms with Gasteiger partial charge >= 0.3 is 0 Å². The zero-order chi connectivity index (χ0) is 14.9. The van der Waals surface area contributed by atoms with Gasteiger partial charge in [0, 0.05) is 36.2 Å².